The molecule has 0 aliphatic heterocycles. The van der Waals surface area contributed by atoms with E-state index < -0.39 is 0 Å². The molecule has 1 rings (SSSR count). The monoisotopic (exact) mass is 139 g/mol. The summed E-state index contributed by atoms with van der Waals surface area (Å²) >= 11 is 0. The Kier molecular flexibility index (Phi) is 2.49. The molecule has 0 saturated carbocycles. The van der Waals surface area contributed by atoms with E-state index in [9.17, 15) is 0 Å². The highest BCUT2D eigenvalue weighted by Gasteiger charge is 2.00. The van der Waals surface area contributed by atoms with E-state index >= 15 is 0 Å². The van der Waals surface area contributed by atoms with E-state index in [0.717, 1.165) is 17.9 Å². The van der Waals surface area contributed by atoms with Gasteiger partial charge in [0, 0.05) is 6.42 Å². The highest BCUT2D eigenvalue weighted by molar-refractivity contribution is 5.03. The molecule has 2 heteroatoms. The van der Waals surface area contributed by atoms with Crippen LogP contribution >= 0.6 is 0 Å². The van der Waals surface area contributed by atoms with Gasteiger partial charge in [0.05, 0.1) is 5.69 Å². The lowest BCUT2D eigenvalue weighted by molar-refractivity contribution is 0.493. The average Bonchev–Trinajstić information content (AvgIpc) is 2.31. The first-order chi connectivity index (χ1) is 4.84. The summed E-state index contributed by atoms with van der Waals surface area (Å²) in [4.78, 5) is 4.00. The zero-order valence-corrected chi connectivity index (χ0v) is 6.55. The quantitative estimate of drug-likeness (QED) is 0.642. The normalized spacial score (nSPS) is 10.2. The summed E-state index contributed by atoms with van der Waals surface area (Å²) in [6.07, 6.45) is 4.94. The maximum atomic E-state index is 5.16. The molecule has 0 amide bonds. The highest BCUT2D eigenvalue weighted by atomic mass is 16.3. The average molecular weight is 139 g/mol. The molecule has 0 N–H and O–H groups in total. The van der Waals surface area contributed by atoms with Crippen LogP contribution in [0.1, 0.15) is 31.2 Å². The molecule has 1 aromatic rings. The second-order valence-corrected chi connectivity index (χ2v) is 2.46. The molecule has 1 aromatic heterocycles. The predicted octanol–water partition coefficient (Wildman–Crippen LogP) is 2.33. The Bertz CT molecular complexity index is 193. The van der Waals surface area contributed by atoms with Gasteiger partial charge in [0.1, 0.15) is 5.76 Å². The molecule has 2 nitrogen and oxygen atoms in total. The fraction of sp³-hybridized carbons (Fsp3) is 0.625. The van der Waals surface area contributed by atoms with Gasteiger partial charge >= 0.3 is 0 Å². The summed E-state index contributed by atoms with van der Waals surface area (Å²) in [5, 5.41) is 0. The summed E-state index contributed by atoms with van der Waals surface area (Å²) in [7, 11) is 0. The van der Waals surface area contributed by atoms with Gasteiger partial charge in [0.25, 0.3) is 0 Å². The minimum atomic E-state index is 1.03. The SMILES string of the molecule is CCCCc1ocnc1C. The van der Waals surface area contributed by atoms with E-state index in [-0.39, 0.29) is 0 Å². The number of rotatable bonds is 3. The first-order valence-electron chi connectivity index (χ1n) is 3.73. The van der Waals surface area contributed by atoms with E-state index in [4.69, 9.17) is 4.42 Å². The molecule has 0 saturated heterocycles. The van der Waals surface area contributed by atoms with Crippen molar-refractivity contribution in [1.82, 2.24) is 4.98 Å². The molecular weight excluding hydrogens is 126 g/mol. The van der Waals surface area contributed by atoms with Gasteiger partial charge in [-0.15, -0.1) is 0 Å². The zero-order valence-electron chi connectivity index (χ0n) is 6.55. The van der Waals surface area contributed by atoms with Crippen LogP contribution < -0.4 is 0 Å². The van der Waals surface area contributed by atoms with E-state index in [0.29, 0.717) is 0 Å². The van der Waals surface area contributed by atoms with Gasteiger partial charge in [-0.3, -0.25) is 0 Å². The van der Waals surface area contributed by atoms with Crippen molar-refractivity contribution >= 4 is 0 Å². The van der Waals surface area contributed by atoms with Crippen LogP contribution in [0.15, 0.2) is 10.8 Å². The first kappa shape index (κ1) is 7.32. The van der Waals surface area contributed by atoms with Crippen LogP contribution in [-0.4, -0.2) is 4.98 Å². The Morgan fingerprint density at radius 3 is 2.90 bits per heavy atom. The van der Waals surface area contributed by atoms with E-state index in [1.165, 1.54) is 19.2 Å². The fourth-order valence-corrected chi connectivity index (χ4v) is 0.903. The van der Waals surface area contributed by atoms with Crippen molar-refractivity contribution in [3.8, 4) is 0 Å². The minimum Gasteiger partial charge on any atom is -0.448 e. The molecule has 1 heterocycles. The van der Waals surface area contributed by atoms with E-state index in [2.05, 4.69) is 11.9 Å². The summed E-state index contributed by atoms with van der Waals surface area (Å²) in [5.74, 6) is 1.04. The van der Waals surface area contributed by atoms with Gasteiger partial charge in [-0.1, -0.05) is 13.3 Å². The van der Waals surface area contributed by atoms with Gasteiger partial charge in [-0.05, 0) is 13.3 Å². The molecule has 10 heavy (non-hydrogen) atoms. The van der Waals surface area contributed by atoms with Gasteiger partial charge in [0.2, 0.25) is 0 Å². The second kappa shape index (κ2) is 3.40. The number of hydrogen-bond acceptors (Lipinski definition) is 2. The Balaban J connectivity index is 2.49. The molecule has 0 radical (unpaired) electrons. The molecule has 56 valence electrons. The van der Waals surface area contributed by atoms with Gasteiger partial charge in [-0.2, -0.15) is 0 Å². The smallest absolute Gasteiger partial charge is 0.181 e. The van der Waals surface area contributed by atoms with Gasteiger partial charge in [-0.25, -0.2) is 4.98 Å². The van der Waals surface area contributed by atoms with Gasteiger partial charge < -0.3 is 4.42 Å². The maximum Gasteiger partial charge on any atom is 0.181 e. The minimum absolute atomic E-state index is 1.03. The van der Waals surface area contributed by atoms with Crippen LogP contribution in [0.25, 0.3) is 0 Å². The van der Waals surface area contributed by atoms with Crippen molar-refractivity contribution in [2.24, 2.45) is 0 Å². The first-order valence-corrected chi connectivity index (χ1v) is 3.73. The van der Waals surface area contributed by atoms with Crippen LogP contribution in [0, 0.1) is 6.92 Å². The molecule has 0 atom stereocenters. The van der Waals surface area contributed by atoms with Crippen LogP contribution in [0.2, 0.25) is 0 Å². The molecule has 0 spiro atoms. The van der Waals surface area contributed by atoms with Crippen molar-refractivity contribution in [3.05, 3.63) is 17.8 Å². The number of aromatic nitrogens is 1. The van der Waals surface area contributed by atoms with Crippen molar-refractivity contribution in [3.63, 3.8) is 0 Å². The second-order valence-electron chi connectivity index (χ2n) is 2.46. The van der Waals surface area contributed by atoms with Crippen LogP contribution in [-0.2, 0) is 6.42 Å². The van der Waals surface area contributed by atoms with Gasteiger partial charge in [0.15, 0.2) is 6.39 Å². The van der Waals surface area contributed by atoms with Crippen molar-refractivity contribution in [2.75, 3.05) is 0 Å². The van der Waals surface area contributed by atoms with Crippen LogP contribution in [0.3, 0.4) is 0 Å². The number of hydrogen-bond donors (Lipinski definition) is 0. The van der Waals surface area contributed by atoms with Crippen molar-refractivity contribution in [1.29, 1.82) is 0 Å². The van der Waals surface area contributed by atoms with E-state index in [1.807, 2.05) is 6.92 Å². The third kappa shape index (κ3) is 1.59. The molecule has 0 aromatic carbocycles. The summed E-state index contributed by atoms with van der Waals surface area (Å²) in [5.41, 5.74) is 1.04. The Morgan fingerprint density at radius 2 is 2.40 bits per heavy atom. The summed E-state index contributed by atoms with van der Waals surface area (Å²) in [6, 6.07) is 0. The molecule has 0 bridgehead atoms. The van der Waals surface area contributed by atoms with Crippen molar-refractivity contribution in [2.45, 2.75) is 33.1 Å². The number of aryl methyl sites for hydroxylation is 2. The molecule has 0 unspecified atom stereocenters. The Labute approximate surface area is 61.3 Å². The number of nitrogens with zero attached hydrogens (tertiary/aromatic N) is 1. The Hall–Kier alpha value is -0.790. The topological polar surface area (TPSA) is 26.0 Å². The largest absolute Gasteiger partial charge is 0.448 e. The molecule has 0 aliphatic carbocycles. The number of unbranched alkanes of at least 4 members (excludes halogenated alkanes) is 1. The fourth-order valence-electron chi connectivity index (χ4n) is 0.903. The third-order valence-corrected chi connectivity index (χ3v) is 1.60. The van der Waals surface area contributed by atoms with E-state index in [1.54, 1.807) is 0 Å². The van der Waals surface area contributed by atoms with Crippen LogP contribution in [0.5, 0.6) is 0 Å². The molecule has 0 aliphatic rings. The standard InChI is InChI=1S/C8H13NO/c1-3-4-5-8-7(2)9-6-10-8/h6H,3-5H2,1-2H3. The lowest BCUT2D eigenvalue weighted by Crippen LogP contribution is -1.84. The van der Waals surface area contributed by atoms with Crippen molar-refractivity contribution < 1.29 is 4.42 Å². The highest BCUT2D eigenvalue weighted by Crippen LogP contribution is 2.08. The summed E-state index contributed by atoms with van der Waals surface area (Å²) < 4.78 is 5.16. The number of oxazole rings is 1. The maximum absolute atomic E-state index is 5.16. The third-order valence-electron chi connectivity index (χ3n) is 1.60. The predicted molar refractivity (Wildman–Crippen MR) is 39.9 cm³/mol. The molecular formula is C8H13NO. The lowest BCUT2D eigenvalue weighted by Gasteiger charge is -1.92. The Morgan fingerprint density at radius 1 is 1.60 bits per heavy atom. The van der Waals surface area contributed by atoms with Crippen LogP contribution in [0.4, 0.5) is 0 Å². The summed E-state index contributed by atoms with van der Waals surface area (Å²) in [6.45, 7) is 4.15. The molecule has 0 fully saturated rings. The zero-order chi connectivity index (χ0) is 7.40. The lowest BCUT2D eigenvalue weighted by atomic mass is 10.2.